The lowest BCUT2D eigenvalue weighted by atomic mass is 10.2. The van der Waals surface area contributed by atoms with Gasteiger partial charge >= 0.3 is 5.97 Å². The van der Waals surface area contributed by atoms with E-state index in [9.17, 15) is 13.2 Å². The summed E-state index contributed by atoms with van der Waals surface area (Å²) in [5.41, 5.74) is 0.805. The van der Waals surface area contributed by atoms with Crippen LogP contribution in [0.2, 0.25) is 8.67 Å². The summed E-state index contributed by atoms with van der Waals surface area (Å²) in [6, 6.07) is 9.05. The summed E-state index contributed by atoms with van der Waals surface area (Å²) in [5, 5.41) is 0. The molecule has 0 fully saturated rings. The summed E-state index contributed by atoms with van der Waals surface area (Å²) >= 11 is 15.7. The van der Waals surface area contributed by atoms with Crippen molar-refractivity contribution in [1.82, 2.24) is 4.72 Å². The first-order chi connectivity index (χ1) is 10.8. The van der Waals surface area contributed by atoms with E-state index < -0.39 is 22.5 Å². The molecule has 0 aliphatic carbocycles. The second-order valence-electron chi connectivity index (χ2n) is 4.26. The molecule has 2 aromatic rings. The average Bonchev–Trinajstić information content (AvgIpc) is 2.77. The molecule has 1 N–H and O–H groups in total. The van der Waals surface area contributed by atoms with E-state index in [1.165, 1.54) is 0 Å². The summed E-state index contributed by atoms with van der Waals surface area (Å²) in [5.74, 6) is -0.703. The Balaban J connectivity index is 1.95. The van der Waals surface area contributed by atoms with Gasteiger partial charge in [-0.1, -0.05) is 53.5 Å². The SMILES string of the molecule is O=C(CNS(=O)(=O)c1c(Cl)sc(Cl)c1Br)OCc1ccccc1. The number of rotatable bonds is 6. The number of halogens is 3. The van der Waals surface area contributed by atoms with Crippen molar-refractivity contribution in [2.24, 2.45) is 0 Å². The van der Waals surface area contributed by atoms with Crippen molar-refractivity contribution in [3.05, 3.63) is 49.0 Å². The highest BCUT2D eigenvalue weighted by Crippen LogP contribution is 2.42. The molecule has 0 spiro atoms. The lowest BCUT2D eigenvalue weighted by Crippen LogP contribution is -2.30. The molecule has 0 unspecified atom stereocenters. The molecule has 0 aliphatic heterocycles. The van der Waals surface area contributed by atoms with Gasteiger partial charge in [0, 0.05) is 0 Å². The van der Waals surface area contributed by atoms with Gasteiger partial charge in [0.15, 0.2) is 0 Å². The van der Waals surface area contributed by atoms with Crippen LogP contribution in [0, 0.1) is 0 Å². The Labute approximate surface area is 155 Å². The first kappa shape index (κ1) is 18.7. The topological polar surface area (TPSA) is 72.5 Å². The number of esters is 1. The number of thiophene rings is 1. The molecule has 0 bridgehead atoms. The van der Waals surface area contributed by atoms with Crippen LogP contribution in [0.3, 0.4) is 0 Å². The average molecular weight is 459 g/mol. The minimum atomic E-state index is -3.98. The van der Waals surface area contributed by atoms with Crippen molar-refractivity contribution >= 4 is 66.5 Å². The maximum atomic E-state index is 12.2. The van der Waals surface area contributed by atoms with Crippen molar-refractivity contribution < 1.29 is 17.9 Å². The third-order valence-electron chi connectivity index (χ3n) is 2.65. The Morgan fingerprint density at radius 1 is 1.22 bits per heavy atom. The van der Waals surface area contributed by atoms with Gasteiger partial charge in [0.05, 0.1) is 4.47 Å². The zero-order valence-electron chi connectivity index (χ0n) is 11.4. The van der Waals surface area contributed by atoms with Crippen LogP contribution in [0.25, 0.3) is 0 Å². The molecule has 2 rings (SSSR count). The van der Waals surface area contributed by atoms with Crippen LogP contribution in [-0.4, -0.2) is 20.9 Å². The summed E-state index contributed by atoms with van der Waals surface area (Å²) in [6.07, 6.45) is 0. The van der Waals surface area contributed by atoms with Crippen LogP contribution in [0.4, 0.5) is 0 Å². The molecule has 5 nitrogen and oxygen atoms in total. The highest BCUT2D eigenvalue weighted by molar-refractivity contribution is 9.10. The second kappa shape index (κ2) is 7.96. The predicted molar refractivity (Wildman–Crippen MR) is 93.5 cm³/mol. The maximum Gasteiger partial charge on any atom is 0.321 e. The Kier molecular flexibility index (Phi) is 6.47. The fourth-order valence-electron chi connectivity index (χ4n) is 1.58. The molecule has 23 heavy (non-hydrogen) atoms. The van der Waals surface area contributed by atoms with Crippen molar-refractivity contribution in [2.45, 2.75) is 11.5 Å². The van der Waals surface area contributed by atoms with E-state index in [0.29, 0.717) is 0 Å². The molecule has 1 aromatic heterocycles. The molecular weight excluding hydrogens is 449 g/mol. The smallest absolute Gasteiger partial charge is 0.321 e. The van der Waals surface area contributed by atoms with E-state index in [-0.39, 0.29) is 24.6 Å². The van der Waals surface area contributed by atoms with Gasteiger partial charge in [-0.05, 0) is 21.5 Å². The van der Waals surface area contributed by atoms with E-state index in [1.807, 2.05) is 18.2 Å². The Morgan fingerprint density at radius 2 is 1.87 bits per heavy atom. The van der Waals surface area contributed by atoms with Crippen molar-refractivity contribution in [3.8, 4) is 0 Å². The van der Waals surface area contributed by atoms with Gasteiger partial charge in [-0.25, -0.2) is 8.42 Å². The summed E-state index contributed by atoms with van der Waals surface area (Å²) in [6.45, 7) is -0.443. The first-order valence-electron chi connectivity index (χ1n) is 6.14. The Hall–Kier alpha value is -0.640. The number of carbonyl (C=O) groups is 1. The number of hydrogen-bond donors (Lipinski definition) is 1. The van der Waals surface area contributed by atoms with E-state index >= 15 is 0 Å². The van der Waals surface area contributed by atoms with Crippen molar-refractivity contribution in [1.29, 1.82) is 0 Å². The van der Waals surface area contributed by atoms with Crippen LogP contribution in [0.5, 0.6) is 0 Å². The number of ether oxygens (including phenoxy) is 1. The number of nitrogens with one attached hydrogen (secondary N) is 1. The quantitative estimate of drug-likeness (QED) is 0.667. The third-order valence-corrected chi connectivity index (χ3v) is 7.51. The predicted octanol–water partition coefficient (Wildman–Crippen LogP) is 3.84. The standard InChI is InChI=1S/C13H10BrCl2NO4S2/c14-10-11(13(16)22-12(10)15)23(19,20)17-6-9(18)21-7-8-4-2-1-3-5-8/h1-5,17H,6-7H2. The number of sulfonamides is 1. The molecule has 0 saturated heterocycles. The fourth-order valence-corrected chi connectivity index (χ4v) is 6.10. The zero-order valence-corrected chi connectivity index (χ0v) is 16.1. The Morgan fingerprint density at radius 3 is 2.43 bits per heavy atom. The van der Waals surface area contributed by atoms with Gasteiger partial charge < -0.3 is 4.74 Å². The fraction of sp³-hybridized carbons (Fsp3) is 0.154. The highest BCUT2D eigenvalue weighted by atomic mass is 79.9. The minimum Gasteiger partial charge on any atom is -0.460 e. The monoisotopic (exact) mass is 457 g/mol. The van der Waals surface area contributed by atoms with Gasteiger partial charge in [0.2, 0.25) is 10.0 Å². The largest absolute Gasteiger partial charge is 0.460 e. The number of hydrogen-bond acceptors (Lipinski definition) is 5. The van der Waals surface area contributed by atoms with E-state index in [4.69, 9.17) is 27.9 Å². The molecule has 0 atom stereocenters. The summed E-state index contributed by atoms with van der Waals surface area (Å²) < 4.78 is 31.9. The number of carbonyl (C=O) groups excluding carboxylic acids is 1. The lowest BCUT2D eigenvalue weighted by Gasteiger charge is -2.07. The number of benzene rings is 1. The molecule has 10 heteroatoms. The van der Waals surface area contributed by atoms with Crippen LogP contribution >= 0.6 is 50.5 Å². The minimum absolute atomic E-state index is 0.00651. The normalized spacial score (nSPS) is 11.4. The Bertz CT molecular complexity index is 809. The van der Waals surface area contributed by atoms with Gasteiger partial charge in [-0.15, -0.1) is 11.3 Å². The highest BCUT2D eigenvalue weighted by Gasteiger charge is 2.26. The van der Waals surface area contributed by atoms with Gasteiger partial charge in [0.25, 0.3) is 0 Å². The van der Waals surface area contributed by atoms with Crippen molar-refractivity contribution in [3.63, 3.8) is 0 Å². The van der Waals surface area contributed by atoms with Crippen LogP contribution in [-0.2, 0) is 26.2 Å². The second-order valence-corrected chi connectivity index (χ2v) is 8.98. The summed E-state index contributed by atoms with van der Waals surface area (Å²) in [4.78, 5) is 11.5. The molecule has 0 saturated carbocycles. The van der Waals surface area contributed by atoms with E-state index in [0.717, 1.165) is 16.9 Å². The molecule has 0 radical (unpaired) electrons. The molecule has 1 heterocycles. The first-order valence-corrected chi connectivity index (χ1v) is 9.98. The van der Waals surface area contributed by atoms with Gasteiger partial charge in [-0.2, -0.15) is 4.72 Å². The van der Waals surface area contributed by atoms with Crippen LogP contribution in [0.15, 0.2) is 39.7 Å². The molecular formula is C13H10BrCl2NO4S2. The molecule has 0 amide bonds. The van der Waals surface area contributed by atoms with Crippen molar-refractivity contribution in [2.75, 3.05) is 6.54 Å². The zero-order chi connectivity index (χ0) is 17.0. The van der Waals surface area contributed by atoms with Crippen LogP contribution in [0.1, 0.15) is 5.56 Å². The maximum absolute atomic E-state index is 12.2. The summed E-state index contributed by atoms with van der Waals surface area (Å²) in [7, 11) is -3.98. The van der Waals surface area contributed by atoms with Gasteiger partial charge in [-0.3, -0.25) is 4.79 Å². The molecule has 1 aromatic carbocycles. The van der Waals surface area contributed by atoms with Gasteiger partial charge in [0.1, 0.15) is 26.7 Å². The molecule has 124 valence electrons. The van der Waals surface area contributed by atoms with E-state index in [1.54, 1.807) is 12.1 Å². The van der Waals surface area contributed by atoms with E-state index in [2.05, 4.69) is 20.7 Å². The van der Waals surface area contributed by atoms with Crippen LogP contribution < -0.4 is 4.72 Å². The lowest BCUT2D eigenvalue weighted by molar-refractivity contribution is -0.143. The molecule has 0 aliphatic rings. The third kappa shape index (κ3) is 4.91.